The zero-order valence-electron chi connectivity index (χ0n) is 11.6. The average Bonchev–Trinajstić information content (AvgIpc) is 2.38. The zero-order valence-corrected chi connectivity index (χ0v) is 11.6. The molecule has 6 heteroatoms. The first-order chi connectivity index (χ1) is 8.97. The minimum atomic E-state index is -1.01. The molecular weight excluding hydrogens is 244 g/mol. The van der Waals surface area contributed by atoms with Crippen LogP contribution in [0.4, 0.5) is 5.95 Å². The van der Waals surface area contributed by atoms with E-state index < -0.39 is 5.97 Å². The van der Waals surface area contributed by atoms with E-state index in [0.29, 0.717) is 17.7 Å². The van der Waals surface area contributed by atoms with Gasteiger partial charge in [0, 0.05) is 24.8 Å². The molecule has 0 aromatic carbocycles. The fourth-order valence-electron chi connectivity index (χ4n) is 2.36. The Labute approximate surface area is 113 Å². The SMILES string of the molecule is Cc1cc(C(=O)O)nc(N2CCCC(N(C)C)C2)n1. The predicted molar refractivity (Wildman–Crippen MR) is 72.7 cm³/mol. The third-order valence-electron chi connectivity index (χ3n) is 3.47. The fraction of sp³-hybridized carbons (Fsp3) is 0.615. The van der Waals surface area contributed by atoms with Gasteiger partial charge < -0.3 is 14.9 Å². The first-order valence-corrected chi connectivity index (χ1v) is 6.47. The van der Waals surface area contributed by atoms with Crippen LogP contribution in [0.1, 0.15) is 29.0 Å². The minimum Gasteiger partial charge on any atom is -0.477 e. The van der Waals surface area contributed by atoms with Gasteiger partial charge in [-0.05, 0) is 39.9 Å². The van der Waals surface area contributed by atoms with Crippen molar-refractivity contribution >= 4 is 11.9 Å². The molecule has 1 aromatic heterocycles. The predicted octanol–water partition coefficient (Wildman–Crippen LogP) is 1.01. The normalized spacial score (nSPS) is 19.8. The van der Waals surface area contributed by atoms with Gasteiger partial charge in [0.25, 0.3) is 0 Å². The maximum absolute atomic E-state index is 11.0. The minimum absolute atomic E-state index is 0.0643. The summed E-state index contributed by atoms with van der Waals surface area (Å²) in [5.74, 6) is -0.475. The number of aromatic carboxylic acids is 1. The molecule has 1 unspecified atom stereocenters. The Hall–Kier alpha value is -1.69. The quantitative estimate of drug-likeness (QED) is 0.878. The Morgan fingerprint density at radius 1 is 1.47 bits per heavy atom. The number of carbonyl (C=O) groups is 1. The molecule has 19 heavy (non-hydrogen) atoms. The first kappa shape index (κ1) is 13.7. The summed E-state index contributed by atoms with van der Waals surface area (Å²) in [5.41, 5.74) is 0.754. The van der Waals surface area contributed by atoms with Crippen LogP contribution in [0.15, 0.2) is 6.07 Å². The Kier molecular flexibility index (Phi) is 3.99. The van der Waals surface area contributed by atoms with Crippen molar-refractivity contribution < 1.29 is 9.90 Å². The lowest BCUT2D eigenvalue weighted by atomic mass is 10.1. The van der Waals surface area contributed by atoms with Crippen LogP contribution in [0.25, 0.3) is 0 Å². The molecule has 0 radical (unpaired) electrons. The highest BCUT2D eigenvalue weighted by molar-refractivity contribution is 5.85. The van der Waals surface area contributed by atoms with Crippen molar-refractivity contribution in [2.24, 2.45) is 0 Å². The van der Waals surface area contributed by atoms with Gasteiger partial charge in [-0.1, -0.05) is 0 Å². The number of hydrogen-bond acceptors (Lipinski definition) is 5. The van der Waals surface area contributed by atoms with Crippen molar-refractivity contribution in [1.82, 2.24) is 14.9 Å². The summed E-state index contributed by atoms with van der Waals surface area (Å²) in [6.45, 7) is 3.52. The molecule has 2 rings (SSSR count). The lowest BCUT2D eigenvalue weighted by Gasteiger charge is -2.36. The van der Waals surface area contributed by atoms with Crippen LogP contribution in [0.2, 0.25) is 0 Å². The van der Waals surface area contributed by atoms with E-state index in [1.165, 1.54) is 6.07 Å². The summed E-state index contributed by atoms with van der Waals surface area (Å²) in [7, 11) is 4.13. The standard InChI is InChI=1S/C13H20N4O2/c1-9-7-11(12(18)19)15-13(14-9)17-6-4-5-10(8-17)16(2)3/h7,10H,4-6,8H2,1-3H3,(H,18,19). The Balaban J connectivity index is 2.23. The highest BCUT2D eigenvalue weighted by atomic mass is 16.4. The molecule has 1 fully saturated rings. The summed E-state index contributed by atoms with van der Waals surface area (Å²) < 4.78 is 0. The van der Waals surface area contributed by atoms with Crippen molar-refractivity contribution in [3.8, 4) is 0 Å². The van der Waals surface area contributed by atoms with Gasteiger partial charge in [0.15, 0.2) is 5.69 Å². The highest BCUT2D eigenvalue weighted by Gasteiger charge is 2.24. The van der Waals surface area contributed by atoms with E-state index in [1.807, 2.05) is 0 Å². The first-order valence-electron chi connectivity index (χ1n) is 6.47. The molecule has 1 aliphatic rings. The maximum Gasteiger partial charge on any atom is 0.354 e. The summed E-state index contributed by atoms with van der Waals surface area (Å²) in [5, 5.41) is 9.06. The lowest BCUT2D eigenvalue weighted by molar-refractivity contribution is 0.0690. The van der Waals surface area contributed by atoms with Crippen LogP contribution in [0, 0.1) is 6.92 Å². The Morgan fingerprint density at radius 3 is 2.84 bits per heavy atom. The molecule has 1 aliphatic heterocycles. The van der Waals surface area contributed by atoms with Gasteiger partial charge in [0.05, 0.1) is 0 Å². The van der Waals surface area contributed by atoms with Crippen LogP contribution < -0.4 is 4.90 Å². The molecule has 6 nitrogen and oxygen atoms in total. The van der Waals surface area contributed by atoms with E-state index in [2.05, 4.69) is 33.9 Å². The van der Waals surface area contributed by atoms with Gasteiger partial charge in [-0.25, -0.2) is 14.8 Å². The smallest absolute Gasteiger partial charge is 0.354 e. The van der Waals surface area contributed by atoms with Crippen molar-refractivity contribution in [2.75, 3.05) is 32.1 Å². The van der Waals surface area contributed by atoms with E-state index in [4.69, 9.17) is 5.11 Å². The number of nitrogens with zero attached hydrogens (tertiary/aromatic N) is 4. The van der Waals surface area contributed by atoms with E-state index >= 15 is 0 Å². The Bertz CT molecular complexity index is 476. The van der Waals surface area contributed by atoms with Gasteiger partial charge in [0.1, 0.15) is 0 Å². The van der Waals surface area contributed by atoms with Gasteiger partial charge in [-0.15, -0.1) is 0 Å². The number of hydrogen-bond donors (Lipinski definition) is 1. The number of aryl methyl sites for hydroxylation is 1. The van der Waals surface area contributed by atoms with E-state index in [-0.39, 0.29) is 5.69 Å². The molecule has 0 spiro atoms. The molecule has 1 saturated heterocycles. The summed E-state index contributed by atoms with van der Waals surface area (Å²) in [4.78, 5) is 23.8. The topological polar surface area (TPSA) is 69.6 Å². The number of piperidine rings is 1. The number of anilines is 1. The maximum atomic E-state index is 11.0. The number of aromatic nitrogens is 2. The van der Waals surface area contributed by atoms with Gasteiger partial charge in [-0.2, -0.15) is 0 Å². The molecule has 1 atom stereocenters. The fourth-order valence-corrected chi connectivity index (χ4v) is 2.36. The van der Waals surface area contributed by atoms with Gasteiger partial charge in [-0.3, -0.25) is 0 Å². The van der Waals surface area contributed by atoms with E-state index in [9.17, 15) is 4.79 Å². The van der Waals surface area contributed by atoms with Crippen LogP contribution in [0.3, 0.4) is 0 Å². The van der Waals surface area contributed by atoms with Crippen LogP contribution in [-0.2, 0) is 0 Å². The molecule has 0 aliphatic carbocycles. The second-order valence-electron chi connectivity index (χ2n) is 5.21. The molecule has 0 amide bonds. The molecular formula is C13H20N4O2. The monoisotopic (exact) mass is 264 g/mol. The van der Waals surface area contributed by atoms with Crippen LogP contribution in [0.5, 0.6) is 0 Å². The average molecular weight is 264 g/mol. The largest absolute Gasteiger partial charge is 0.477 e. The van der Waals surface area contributed by atoms with Crippen molar-refractivity contribution in [1.29, 1.82) is 0 Å². The Morgan fingerprint density at radius 2 is 2.21 bits per heavy atom. The molecule has 0 bridgehead atoms. The summed E-state index contributed by atoms with van der Waals surface area (Å²) >= 11 is 0. The molecule has 1 aromatic rings. The van der Waals surface area contributed by atoms with Crippen molar-refractivity contribution in [3.05, 3.63) is 17.5 Å². The number of likely N-dealkylation sites (N-methyl/N-ethyl adjacent to an activating group) is 1. The summed E-state index contributed by atoms with van der Waals surface area (Å²) in [6.07, 6.45) is 2.23. The third-order valence-corrected chi connectivity index (χ3v) is 3.47. The second-order valence-corrected chi connectivity index (χ2v) is 5.21. The molecule has 1 N–H and O–H groups in total. The molecule has 104 valence electrons. The third kappa shape index (κ3) is 3.20. The zero-order chi connectivity index (χ0) is 14.0. The number of carboxylic acids is 1. The van der Waals surface area contributed by atoms with Gasteiger partial charge >= 0.3 is 5.97 Å². The second kappa shape index (κ2) is 5.52. The molecule has 0 saturated carbocycles. The van der Waals surface area contributed by atoms with Crippen LogP contribution in [-0.4, -0.2) is 59.2 Å². The molecule has 2 heterocycles. The van der Waals surface area contributed by atoms with Gasteiger partial charge in [0.2, 0.25) is 5.95 Å². The summed E-state index contributed by atoms with van der Waals surface area (Å²) in [6, 6.07) is 1.96. The lowest BCUT2D eigenvalue weighted by Crippen LogP contribution is -2.45. The van der Waals surface area contributed by atoms with E-state index in [1.54, 1.807) is 6.92 Å². The highest BCUT2D eigenvalue weighted by Crippen LogP contribution is 2.19. The van der Waals surface area contributed by atoms with Crippen LogP contribution >= 0.6 is 0 Å². The van der Waals surface area contributed by atoms with Crippen molar-refractivity contribution in [2.45, 2.75) is 25.8 Å². The number of rotatable bonds is 3. The van der Waals surface area contributed by atoms with Crippen molar-refractivity contribution in [3.63, 3.8) is 0 Å². The van der Waals surface area contributed by atoms with E-state index in [0.717, 1.165) is 25.9 Å². The number of carboxylic acid groups (broad SMARTS) is 1.